The fourth-order valence-corrected chi connectivity index (χ4v) is 3.37. The maximum atomic E-state index is 12.6. The Bertz CT molecular complexity index is 713. The number of anilines is 1. The monoisotopic (exact) mass is 294 g/mol. The molecule has 0 saturated heterocycles. The van der Waals surface area contributed by atoms with Gasteiger partial charge in [-0.15, -0.1) is 0 Å². The van der Waals surface area contributed by atoms with Crippen molar-refractivity contribution in [3.63, 3.8) is 0 Å². The lowest BCUT2D eigenvalue weighted by atomic mass is 10.1. The van der Waals surface area contributed by atoms with E-state index in [1.165, 1.54) is 4.31 Å². The van der Waals surface area contributed by atoms with Crippen molar-refractivity contribution in [2.24, 2.45) is 0 Å². The minimum absolute atomic E-state index is 0.286. The highest BCUT2D eigenvalue weighted by molar-refractivity contribution is 7.89. The van der Waals surface area contributed by atoms with Crippen LogP contribution in [0.5, 0.6) is 0 Å². The number of rotatable bonds is 5. The second-order valence-corrected chi connectivity index (χ2v) is 6.57. The number of nitrogen functional groups attached to an aromatic ring is 1. The summed E-state index contributed by atoms with van der Waals surface area (Å²) in [5.41, 5.74) is 6.34. The smallest absolute Gasteiger partial charge is 0.243 e. The molecule has 20 heavy (non-hydrogen) atoms. The molecule has 2 aromatic rings. The first-order chi connectivity index (χ1) is 9.46. The van der Waals surface area contributed by atoms with Crippen LogP contribution < -0.4 is 5.73 Å². The van der Waals surface area contributed by atoms with Crippen molar-refractivity contribution in [3.05, 3.63) is 36.4 Å². The minimum Gasteiger partial charge on any atom is -0.399 e. The lowest BCUT2D eigenvalue weighted by Crippen LogP contribution is -2.30. The van der Waals surface area contributed by atoms with Gasteiger partial charge in [0.2, 0.25) is 10.0 Å². The molecule has 0 radical (unpaired) electrons. The summed E-state index contributed by atoms with van der Waals surface area (Å²) >= 11 is 0. The molecule has 0 unspecified atom stereocenters. The third-order valence-corrected chi connectivity index (χ3v) is 5.08. The van der Waals surface area contributed by atoms with Gasteiger partial charge in [-0.1, -0.05) is 18.2 Å². The van der Waals surface area contributed by atoms with Crippen molar-refractivity contribution >= 4 is 26.5 Å². The summed E-state index contributed by atoms with van der Waals surface area (Å²) in [5.74, 6) is 0. The van der Waals surface area contributed by atoms with Crippen molar-refractivity contribution in [3.8, 4) is 0 Å². The highest BCUT2D eigenvalue weighted by atomic mass is 32.2. The molecule has 0 atom stereocenters. The first-order valence-electron chi connectivity index (χ1n) is 6.20. The maximum Gasteiger partial charge on any atom is 0.243 e. The van der Waals surface area contributed by atoms with E-state index < -0.39 is 10.0 Å². The Balaban J connectivity index is 2.52. The van der Waals surface area contributed by atoms with Gasteiger partial charge in [0.15, 0.2) is 0 Å². The lowest BCUT2D eigenvalue weighted by molar-refractivity contribution is 0.185. The third-order valence-electron chi connectivity index (χ3n) is 3.16. The minimum atomic E-state index is -3.54. The van der Waals surface area contributed by atoms with E-state index in [-0.39, 0.29) is 4.90 Å². The normalized spacial score (nSPS) is 12.2. The topological polar surface area (TPSA) is 72.6 Å². The number of methoxy groups -OCH3 is 1. The fourth-order valence-electron chi connectivity index (χ4n) is 2.01. The highest BCUT2D eigenvalue weighted by Gasteiger charge is 2.22. The molecule has 0 saturated carbocycles. The number of likely N-dealkylation sites (N-methyl/N-ethyl adjacent to an activating group) is 1. The van der Waals surface area contributed by atoms with Crippen LogP contribution in [0.3, 0.4) is 0 Å². The SMILES string of the molecule is COCCN(C)S(=O)(=O)c1cccc2cc(N)ccc12. The molecule has 0 bridgehead atoms. The maximum absolute atomic E-state index is 12.6. The Morgan fingerprint density at radius 1 is 1.25 bits per heavy atom. The van der Waals surface area contributed by atoms with Crippen molar-refractivity contribution in [2.75, 3.05) is 33.0 Å². The van der Waals surface area contributed by atoms with E-state index in [1.54, 1.807) is 44.5 Å². The van der Waals surface area contributed by atoms with Crippen molar-refractivity contribution in [1.29, 1.82) is 0 Å². The molecule has 0 aromatic heterocycles. The number of nitrogens with zero attached hydrogens (tertiary/aromatic N) is 1. The molecule has 2 rings (SSSR count). The van der Waals surface area contributed by atoms with Crippen LogP contribution in [0.4, 0.5) is 5.69 Å². The summed E-state index contributed by atoms with van der Waals surface area (Å²) < 4.78 is 31.4. The molecule has 6 heteroatoms. The van der Waals surface area contributed by atoms with E-state index in [9.17, 15) is 8.42 Å². The molecule has 2 aromatic carbocycles. The summed E-state index contributed by atoms with van der Waals surface area (Å²) in [6, 6.07) is 10.4. The van der Waals surface area contributed by atoms with E-state index in [4.69, 9.17) is 10.5 Å². The third kappa shape index (κ3) is 2.77. The van der Waals surface area contributed by atoms with Crippen LogP contribution in [-0.4, -0.2) is 40.0 Å². The zero-order valence-corrected chi connectivity index (χ0v) is 12.4. The van der Waals surface area contributed by atoms with Crippen LogP contribution in [0, 0.1) is 0 Å². The molecule has 0 heterocycles. The predicted octanol–water partition coefficient (Wildman–Crippen LogP) is 1.69. The standard InChI is InChI=1S/C14H18N2O3S/c1-16(8-9-19-2)20(17,18)14-5-3-4-11-10-12(15)6-7-13(11)14/h3-7,10H,8-9,15H2,1-2H3. The largest absolute Gasteiger partial charge is 0.399 e. The van der Waals surface area contributed by atoms with Gasteiger partial charge in [-0.25, -0.2) is 8.42 Å². The zero-order valence-electron chi connectivity index (χ0n) is 11.5. The zero-order chi connectivity index (χ0) is 14.8. The van der Waals surface area contributed by atoms with Crippen molar-refractivity contribution < 1.29 is 13.2 Å². The summed E-state index contributed by atoms with van der Waals surface area (Å²) in [7, 11) is -0.449. The molecule has 0 aliphatic heterocycles. The molecule has 0 amide bonds. The Hall–Kier alpha value is -1.63. The van der Waals surface area contributed by atoms with Crippen molar-refractivity contribution in [1.82, 2.24) is 4.31 Å². The number of hydrogen-bond donors (Lipinski definition) is 1. The van der Waals surface area contributed by atoms with Crippen LogP contribution in [-0.2, 0) is 14.8 Å². The van der Waals surface area contributed by atoms with Gasteiger partial charge in [0, 0.05) is 31.8 Å². The molecule has 0 aliphatic carbocycles. The van der Waals surface area contributed by atoms with Gasteiger partial charge in [-0.2, -0.15) is 4.31 Å². The van der Waals surface area contributed by atoms with Gasteiger partial charge >= 0.3 is 0 Å². The summed E-state index contributed by atoms with van der Waals surface area (Å²) in [6.07, 6.45) is 0. The second-order valence-electron chi connectivity index (χ2n) is 4.56. The second kappa shape index (κ2) is 5.78. The van der Waals surface area contributed by atoms with E-state index >= 15 is 0 Å². The van der Waals surface area contributed by atoms with Crippen LogP contribution in [0.25, 0.3) is 10.8 Å². The Labute approximate surface area is 119 Å². The summed E-state index contributed by atoms with van der Waals surface area (Å²) in [6.45, 7) is 0.664. The van der Waals surface area contributed by atoms with Gasteiger partial charge in [0.25, 0.3) is 0 Å². The van der Waals surface area contributed by atoms with Crippen LogP contribution in [0.1, 0.15) is 0 Å². The number of benzene rings is 2. The van der Waals surface area contributed by atoms with Crippen LogP contribution in [0.2, 0.25) is 0 Å². The average Bonchev–Trinajstić information content (AvgIpc) is 2.43. The molecule has 2 N–H and O–H groups in total. The molecule has 0 aliphatic rings. The van der Waals surface area contributed by atoms with Gasteiger partial charge < -0.3 is 10.5 Å². The fraction of sp³-hybridized carbons (Fsp3) is 0.286. The van der Waals surface area contributed by atoms with Gasteiger partial charge in [0.05, 0.1) is 11.5 Å². The van der Waals surface area contributed by atoms with E-state index in [0.29, 0.717) is 24.2 Å². The van der Waals surface area contributed by atoms with Crippen LogP contribution >= 0.6 is 0 Å². The van der Waals surface area contributed by atoms with E-state index in [2.05, 4.69) is 0 Å². The Morgan fingerprint density at radius 2 is 2.00 bits per heavy atom. The van der Waals surface area contributed by atoms with Gasteiger partial charge in [-0.3, -0.25) is 0 Å². The first kappa shape index (κ1) is 14.8. The van der Waals surface area contributed by atoms with E-state index in [1.807, 2.05) is 6.07 Å². The van der Waals surface area contributed by atoms with Crippen LogP contribution in [0.15, 0.2) is 41.3 Å². The number of nitrogens with two attached hydrogens (primary N) is 1. The number of fused-ring (bicyclic) bond motifs is 1. The number of ether oxygens (including phenoxy) is 1. The molecule has 0 spiro atoms. The van der Waals surface area contributed by atoms with E-state index in [0.717, 1.165) is 5.39 Å². The molecule has 0 fully saturated rings. The van der Waals surface area contributed by atoms with Crippen molar-refractivity contribution in [2.45, 2.75) is 4.90 Å². The average molecular weight is 294 g/mol. The predicted molar refractivity (Wildman–Crippen MR) is 80.1 cm³/mol. The molecular formula is C14H18N2O3S. The molecule has 108 valence electrons. The lowest BCUT2D eigenvalue weighted by Gasteiger charge is -2.18. The van der Waals surface area contributed by atoms with Gasteiger partial charge in [0.1, 0.15) is 0 Å². The Morgan fingerprint density at radius 3 is 2.70 bits per heavy atom. The summed E-state index contributed by atoms with van der Waals surface area (Å²) in [5, 5.41) is 1.48. The molecule has 5 nitrogen and oxygen atoms in total. The van der Waals surface area contributed by atoms with Gasteiger partial charge in [-0.05, 0) is 23.6 Å². The summed E-state index contributed by atoms with van der Waals surface area (Å²) in [4.78, 5) is 0.286. The molecular weight excluding hydrogens is 276 g/mol. The highest BCUT2D eigenvalue weighted by Crippen LogP contribution is 2.26. The number of sulfonamides is 1. The Kier molecular flexibility index (Phi) is 4.27. The quantitative estimate of drug-likeness (QED) is 0.852. The number of hydrogen-bond acceptors (Lipinski definition) is 4. The first-order valence-corrected chi connectivity index (χ1v) is 7.64.